The summed E-state index contributed by atoms with van der Waals surface area (Å²) in [5.74, 6) is 1.67. The summed E-state index contributed by atoms with van der Waals surface area (Å²) < 4.78 is 13.0. The van der Waals surface area contributed by atoms with Gasteiger partial charge >= 0.3 is 0 Å². The van der Waals surface area contributed by atoms with Gasteiger partial charge in [0.1, 0.15) is 22.3 Å². The van der Waals surface area contributed by atoms with Crippen LogP contribution in [0.4, 0.5) is 0 Å². The average molecular weight is 642 g/mol. The number of hydrogen-bond acceptors (Lipinski definition) is 5. The lowest BCUT2D eigenvalue weighted by molar-refractivity contribution is 0.669. The van der Waals surface area contributed by atoms with Crippen LogP contribution in [0.1, 0.15) is 0 Å². The Morgan fingerprint density at radius 1 is 0.300 bits per heavy atom. The molecule has 5 heteroatoms. The molecule has 0 bridgehead atoms. The second-order valence-corrected chi connectivity index (χ2v) is 12.4. The Morgan fingerprint density at radius 2 is 0.800 bits per heavy atom. The van der Waals surface area contributed by atoms with E-state index in [2.05, 4.69) is 91.0 Å². The molecule has 0 fully saturated rings. The molecule has 0 amide bonds. The number of benzene rings is 7. The summed E-state index contributed by atoms with van der Waals surface area (Å²) in [6, 6.07) is 55.7. The standard InChI is InChI=1S/C45H27N3O2/c1-3-11-28(12-4-1)29-21-23-31(24-22-29)43-46-44(48-45(47-43)38-19-10-18-36-34-15-7-8-20-39(34)49-42(36)38)32-25-26-35-37-17-9-16-33(30-13-5-2-6-14-30)41(37)50-40(35)27-32/h1-27H. The van der Waals surface area contributed by atoms with E-state index in [1.165, 1.54) is 0 Å². The molecule has 3 heterocycles. The van der Waals surface area contributed by atoms with Crippen molar-refractivity contribution in [2.75, 3.05) is 0 Å². The fourth-order valence-corrected chi connectivity index (χ4v) is 6.90. The maximum atomic E-state index is 6.59. The van der Waals surface area contributed by atoms with Crippen LogP contribution in [0.15, 0.2) is 173 Å². The van der Waals surface area contributed by atoms with Gasteiger partial charge in [-0.2, -0.15) is 0 Å². The number of para-hydroxylation sites is 3. The zero-order valence-corrected chi connectivity index (χ0v) is 26.7. The zero-order chi connectivity index (χ0) is 33.0. The average Bonchev–Trinajstić information content (AvgIpc) is 3.77. The van der Waals surface area contributed by atoms with Crippen LogP contribution in [0, 0.1) is 0 Å². The van der Waals surface area contributed by atoms with Crippen molar-refractivity contribution in [2.45, 2.75) is 0 Å². The van der Waals surface area contributed by atoms with Crippen LogP contribution in [-0.2, 0) is 0 Å². The van der Waals surface area contributed by atoms with Crippen LogP contribution in [0.3, 0.4) is 0 Å². The van der Waals surface area contributed by atoms with Crippen LogP contribution in [0.25, 0.3) is 100 Å². The van der Waals surface area contributed by atoms with Crippen LogP contribution in [0.5, 0.6) is 0 Å². The third kappa shape index (κ3) is 4.67. The van der Waals surface area contributed by atoms with Gasteiger partial charge in [-0.1, -0.05) is 140 Å². The molecule has 0 aliphatic carbocycles. The molecule has 0 saturated carbocycles. The molecule has 0 atom stereocenters. The van der Waals surface area contributed by atoms with E-state index in [1.54, 1.807) is 0 Å². The third-order valence-corrected chi connectivity index (χ3v) is 9.37. The fourth-order valence-electron chi connectivity index (χ4n) is 6.90. The van der Waals surface area contributed by atoms with Crippen molar-refractivity contribution in [2.24, 2.45) is 0 Å². The number of furan rings is 2. The Balaban J connectivity index is 1.15. The van der Waals surface area contributed by atoms with E-state index in [1.807, 2.05) is 72.8 Å². The van der Waals surface area contributed by atoms with Gasteiger partial charge in [0.05, 0.1) is 5.56 Å². The summed E-state index contributed by atoms with van der Waals surface area (Å²) in [4.78, 5) is 15.2. The van der Waals surface area contributed by atoms with Crippen LogP contribution in [0.2, 0.25) is 0 Å². The molecule has 10 rings (SSSR count). The van der Waals surface area contributed by atoms with E-state index < -0.39 is 0 Å². The molecule has 0 aliphatic heterocycles. The highest BCUT2D eigenvalue weighted by Gasteiger charge is 2.19. The van der Waals surface area contributed by atoms with Gasteiger partial charge in [-0.15, -0.1) is 0 Å². The number of rotatable bonds is 5. The molecule has 3 aromatic heterocycles. The normalized spacial score (nSPS) is 11.6. The predicted octanol–water partition coefficient (Wildman–Crippen LogP) is 12.0. The minimum Gasteiger partial charge on any atom is -0.455 e. The quantitative estimate of drug-likeness (QED) is 0.187. The zero-order valence-electron chi connectivity index (χ0n) is 26.7. The first kappa shape index (κ1) is 28.2. The summed E-state index contributed by atoms with van der Waals surface area (Å²) in [6.07, 6.45) is 0. The second-order valence-electron chi connectivity index (χ2n) is 12.4. The lowest BCUT2D eigenvalue weighted by atomic mass is 10.0. The number of nitrogens with zero attached hydrogens (tertiary/aromatic N) is 3. The van der Waals surface area contributed by atoms with Crippen molar-refractivity contribution >= 4 is 43.9 Å². The van der Waals surface area contributed by atoms with Gasteiger partial charge in [0.25, 0.3) is 0 Å². The van der Waals surface area contributed by atoms with Crippen molar-refractivity contribution in [3.8, 4) is 56.4 Å². The molecule has 50 heavy (non-hydrogen) atoms. The molecule has 0 aliphatic rings. The summed E-state index contributed by atoms with van der Waals surface area (Å²) >= 11 is 0. The SMILES string of the molecule is c1ccc(-c2ccc(-c3nc(-c4ccc5c(c4)oc4c(-c6ccccc6)cccc45)nc(-c4cccc5c4oc4ccccc45)n3)cc2)cc1. The minimum absolute atomic E-state index is 0.540. The fraction of sp³-hybridized carbons (Fsp3) is 0. The summed E-state index contributed by atoms with van der Waals surface area (Å²) in [5.41, 5.74) is 10.2. The molecule has 0 radical (unpaired) electrons. The van der Waals surface area contributed by atoms with Gasteiger partial charge in [-0.05, 0) is 41.0 Å². The van der Waals surface area contributed by atoms with Crippen molar-refractivity contribution in [3.63, 3.8) is 0 Å². The topological polar surface area (TPSA) is 65.0 Å². The van der Waals surface area contributed by atoms with Crippen LogP contribution >= 0.6 is 0 Å². The second kappa shape index (κ2) is 11.4. The molecule has 10 aromatic rings. The molecular formula is C45H27N3O2. The van der Waals surface area contributed by atoms with E-state index in [-0.39, 0.29) is 0 Å². The van der Waals surface area contributed by atoms with E-state index in [0.29, 0.717) is 17.5 Å². The first-order valence-electron chi connectivity index (χ1n) is 16.6. The summed E-state index contributed by atoms with van der Waals surface area (Å²) in [6.45, 7) is 0. The van der Waals surface area contributed by atoms with Crippen LogP contribution < -0.4 is 0 Å². The van der Waals surface area contributed by atoms with Crippen molar-refractivity contribution in [3.05, 3.63) is 164 Å². The number of fused-ring (bicyclic) bond motifs is 6. The lowest BCUT2D eigenvalue weighted by Gasteiger charge is -2.09. The van der Waals surface area contributed by atoms with Gasteiger partial charge in [0.15, 0.2) is 17.5 Å². The van der Waals surface area contributed by atoms with E-state index in [9.17, 15) is 0 Å². The van der Waals surface area contributed by atoms with Gasteiger partial charge in [-0.25, -0.2) is 15.0 Å². The minimum atomic E-state index is 0.540. The molecule has 0 spiro atoms. The maximum absolute atomic E-state index is 6.59. The number of hydrogen-bond donors (Lipinski definition) is 0. The molecular weight excluding hydrogens is 615 g/mol. The first-order valence-corrected chi connectivity index (χ1v) is 16.6. The van der Waals surface area contributed by atoms with Gasteiger partial charge < -0.3 is 8.83 Å². The summed E-state index contributed by atoms with van der Waals surface area (Å²) in [5, 5.41) is 4.19. The van der Waals surface area contributed by atoms with E-state index in [0.717, 1.165) is 82.8 Å². The molecule has 0 N–H and O–H groups in total. The van der Waals surface area contributed by atoms with Crippen molar-refractivity contribution < 1.29 is 8.83 Å². The molecule has 5 nitrogen and oxygen atoms in total. The van der Waals surface area contributed by atoms with Gasteiger partial charge in [0.2, 0.25) is 0 Å². The Hall–Kier alpha value is -6.85. The highest BCUT2D eigenvalue weighted by molar-refractivity contribution is 6.11. The largest absolute Gasteiger partial charge is 0.455 e. The van der Waals surface area contributed by atoms with E-state index in [4.69, 9.17) is 23.8 Å². The monoisotopic (exact) mass is 641 g/mol. The van der Waals surface area contributed by atoms with Crippen molar-refractivity contribution in [1.82, 2.24) is 15.0 Å². The molecule has 234 valence electrons. The van der Waals surface area contributed by atoms with Gasteiger partial charge in [0, 0.05) is 38.2 Å². The summed E-state index contributed by atoms with van der Waals surface area (Å²) in [7, 11) is 0. The molecule has 0 saturated heterocycles. The lowest BCUT2D eigenvalue weighted by Crippen LogP contribution is -2.00. The molecule has 7 aromatic carbocycles. The highest BCUT2D eigenvalue weighted by Crippen LogP contribution is 2.39. The number of aromatic nitrogens is 3. The smallest absolute Gasteiger partial charge is 0.167 e. The Morgan fingerprint density at radius 3 is 1.56 bits per heavy atom. The highest BCUT2D eigenvalue weighted by atomic mass is 16.3. The molecule has 0 unspecified atom stereocenters. The third-order valence-electron chi connectivity index (χ3n) is 9.37. The maximum Gasteiger partial charge on any atom is 0.167 e. The Bertz CT molecular complexity index is 2850. The Kier molecular flexibility index (Phi) is 6.42. The predicted molar refractivity (Wildman–Crippen MR) is 202 cm³/mol. The van der Waals surface area contributed by atoms with Crippen LogP contribution in [-0.4, -0.2) is 15.0 Å². The van der Waals surface area contributed by atoms with E-state index >= 15 is 0 Å². The Labute approximate surface area is 287 Å². The first-order chi connectivity index (χ1) is 24.8. The van der Waals surface area contributed by atoms with Gasteiger partial charge in [-0.3, -0.25) is 0 Å². The van der Waals surface area contributed by atoms with Crippen molar-refractivity contribution in [1.29, 1.82) is 0 Å².